The molecule has 0 heterocycles. The average Bonchev–Trinajstić information content (AvgIpc) is 2.59. The molecule has 2 unspecified atom stereocenters. The highest BCUT2D eigenvalue weighted by Crippen LogP contribution is 2.39. The Kier molecular flexibility index (Phi) is 3.71. The van der Waals surface area contributed by atoms with E-state index in [0.29, 0.717) is 0 Å². The third-order valence-electron chi connectivity index (χ3n) is 4.06. The second-order valence-electron chi connectivity index (χ2n) is 5.65. The number of benzene rings is 1. The Balaban J connectivity index is 2.33. The normalized spacial score (nSPS) is 26.7. The van der Waals surface area contributed by atoms with Crippen LogP contribution in [0.4, 0.5) is 0 Å². The van der Waals surface area contributed by atoms with Gasteiger partial charge in [0.2, 0.25) is 0 Å². The summed E-state index contributed by atoms with van der Waals surface area (Å²) in [4.78, 5) is 0. The molecule has 2 rings (SSSR count). The van der Waals surface area contributed by atoms with E-state index in [1.807, 2.05) is 0 Å². The zero-order chi connectivity index (χ0) is 12.4. The first-order chi connectivity index (χ1) is 8.10. The average molecular weight is 228 g/mol. The zero-order valence-corrected chi connectivity index (χ0v) is 11.6. The van der Waals surface area contributed by atoms with Crippen molar-refractivity contribution in [1.29, 1.82) is 0 Å². The molecule has 0 amide bonds. The Hall–Kier alpha value is -1.04. The van der Waals surface area contributed by atoms with Gasteiger partial charge in [-0.05, 0) is 50.5 Å². The monoisotopic (exact) mass is 228 g/mol. The fourth-order valence-corrected chi connectivity index (χ4v) is 3.17. The van der Waals surface area contributed by atoms with Gasteiger partial charge in [-0.1, -0.05) is 54.8 Å². The third-order valence-corrected chi connectivity index (χ3v) is 4.06. The molecular formula is C17H24. The van der Waals surface area contributed by atoms with Gasteiger partial charge in [0.1, 0.15) is 0 Å². The molecule has 0 nitrogen and oxygen atoms in total. The summed E-state index contributed by atoms with van der Waals surface area (Å²) in [5.74, 6) is 1.60. The summed E-state index contributed by atoms with van der Waals surface area (Å²) in [5.41, 5.74) is 5.81. The Morgan fingerprint density at radius 3 is 2.35 bits per heavy atom. The molecule has 0 spiro atoms. The van der Waals surface area contributed by atoms with E-state index in [1.165, 1.54) is 36.0 Å². The SMILES string of the molecule is CCC1CCC(C)/C1=C/c1cc(C)cc(C)c1. The molecule has 1 saturated carbocycles. The van der Waals surface area contributed by atoms with Gasteiger partial charge in [-0.25, -0.2) is 0 Å². The maximum absolute atomic E-state index is 2.45. The van der Waals surface area contributed by atoms with E-state index in [-0.39, 0.29) is 0 Å². The van der Waals surface area contributed by atoms with Crippen LogP contribution in [0.3, 0.4) is 0 Å². The molecule has 0 saturated heterocycles. The summed E-state index contributed by atoms with van der Waals surface area (Å²) in [7, 11) is 0. The van der Waals surface area contributed by atoms with E-state index in [1.54, 1.807) is 5.57 Å². The Morgan fingerprint density at radius 2 is 1.76 bits per heavy atom. The van der Waals surface area contributed by atoms with Crippen LogP contribution in [0, 0.1) is 25.7 Å². The minimum atomic E-state index is 0.778. The third kappa shape index (κ3) is 2.80. The molecule has 1 aromatic carbocycles. The quantitative estimate of drug-likeness (QED) is 0.657. The van der Waals surface area contributed by atoms with Crippen LogP contribution >= 0.6 is 0 Å². The molecule has 1 fully saturated rings. The first kappa shape index (κ1) is 12.4. The van der Waals surface area contributed by atoms with Crippen molar-refractivity contribution in [2.75, 3.05) is 0 Å². The maximum Gasteiger partial charge on any atom is -0.0200 e. The van der Waals surface area contributed by atoms with E-state index < -0.39 is 0 Å². The van der Waals surface area contributed by atoms with Crippen LogP contribution < -0.4 is 0 Å². The molecule has 0 aromatic heterocycles. The number of rotatable bonds is 2. The standard InChI is InChI=1S/C17H24/c1-5-16-7-6-14(4)17(16)11-15-9-12(2)8-13(3)10-15/h8-11,14,16H,5-7H2,1-4H3/b17-11-. The lowest BCUT2D eigenvalue weighted by Crippen LogP contribution is -1.98. The highest BCUT2D eigenvalue weighted by Gasteiger charge is 2.25. The second-order valence-corrected chi connectivity index (χ2v) is 5.65. The lowest BCUT2D eigenvalue weighted by Gasteiger charge is -2.13. The van der Waals surface area contributed by atoms with Crippen LogP contribution in [0.1, 0.15) is 49.8 Å². The fourth-order valence-electron chi connectivity index (χ4n) is 3.17. The Bertz CT molecular complexity index is 405. The van der Waals surface area contributed by atoms with Gasteiger partial charge in [-0.3, -0.25) is 0 Å². The fraction of sp³-hybridized carbons (Fsp3) is 0.529. The predicted octanol–water partition coefficient (Wildman–Crippen LogP) is 5.14. The molecule has 1 aliphatic rings. The van der Waals surface area contributed by atoms with Gasteiger partial charge in [0.25, 0.3) is 0 Å². The summed E-state index contributed by atoms with van der Waals surface area (Å²) >= 11 is 0. The van der Waals surface area contributed by atoms with Crippen LogP contribution in [0.25, 0.3) is 6.08 Å². The Morgan fingerprint density at radius 1 is 1.12 bits per heavy atom. The second kappa shape index (κ2) is 5.08. The molecule has 1 aliphatic carbocycles. The van der Waals surface area contributed by atoms with Crippen LogP contribution in [0.15, 0.2) is 23.8 Å². The highest BCUT2D eigenvalue weighted by atomic mass is 14.3. The van der Waals surface area contributed by atoms with Crippen molar-refractivity contribution in [3.63, 3.8) is 0 Å². The van der Waals surface area contributed by atoms with Gasteiger partial charge in [0.15, 0.2) is 0 Å². The predicted molar refractivity (Wildman–Crippen MR) is 76.1 cm³/mol. The molecule has 0 N–H and O–H groups in total. The molecule has 17 heavy (non-hydrogen) atoms. The van der Waals surface area contributed by atoms with Crippen LogP contribution in [0.2, 0.25) is 0 Å². The van der Waals surface area contributed by atoms with Gasteiger partial charge >= 0.3 is 0 Å². The smallest absolute Gasteiger partial charge is 0.0200 e. The van der Waals surface area contributed by atoms with E-state index in [9.17, 15) is 0 Å². The molecule has 92 valence electrons. The van der Waals surface area contributed by atoms with Crippen molar-refractivity contribution >= 4 is 6.08 Å². The minimum absolute atomic E-state index is 0.778. The molecule has 0 bridgehead atoms. The van der Waals surface area contributed by atoms with Gasteiger partial charge < -0.3 is 0 Å². The number of allylic oxidation sites excluding steroid dienone is 1. The van der Waals surface area contributed by atoms with Crippen molar-refractivity contribution in [3.8, 4) is 0 Å². The molecular weight excluding hydrogens is 204 g/mol. The van der Waals surface area contributed by atoms with E-state index >= 15 is 0 Å². The topological polar surface area (TPSA) is 0 Å². The van der Waals surface area contributed by atoms with Crippen molar-refractivity contribution < 1.29 is 0 Å². The van der Waals surface area contributed by atoms with Crippen LogP contribution in [-0.2, 0) is 0 Å². The van der Waals surface area contributed by atoms with Crippen molar-refractivity contribution in [2.24, 2.45) is 11.8 Å². The molecule has 2 atom stereocenters. The molecule has 0 heteroatoms. The maximum atomic E-state index is 2.45. The van der Waals surface area contributed by atoms with Crippen molar-refractivity contribution in [1.82, 2.24) is 0 Å². The van der Waals surface area contributed by atoms with Crippen molar-refractivity contribution in [2.45, 2.75) is 47.0 Å². The van der Waals surface area contributed by atoms with Gasteiger partial charge in [-0.15, -0.1) is 0 Å². The lowest BCUT2D eigenvalue weighted by molar-refractivity contribution is 0.608. The van der Waals surface area contributed by atoms with Crippen molar-refractivity contribution in [3.05, 3.63) is 40.5 Å². The van der Waals surface area contributed by atoms with Crippen LogP contribution in [0.5, 0.6) is 0 Å². The van der Waals surface area contributed by atoms with E-state index in [4.69, 9.17) is 0 Å². The molecule has 1 aromatic rings. The van der Waals surface area contributed by atoms with Gasteiger partial charge in [0, 0.05) is 0 Å². The number of hydrogen-bond acceptors (Lipinski definition) is 0. The van der Waals surface area contributed by atoms with E-state index in [0.717, 1.165) is 11.8 Å². The minimum Gasteiger partial charge on any atom is -0.0648 e. The first-order valence-corrected chi connectivity index (χ1v) is 6.90. The number of hydrogen-bond donors (Lipinski definition) is 0. The highest BCUT2D eigenvalue weighted by molar-refractivity contribution is 5.56. The van der Waals surface area contributed by atoms with E-state index in [2.05, 4.69) is 52.0 Å². The van der Waals surface area contributed by atoms with Gasteiger partial charge in [-0.2, -0.15) is 0 Å². The number of aryl methyl sites for hydroxylation is 2. The molecule has 0 radical (unpaired) electrons. The van der Waals surface area contributed by atoms with Gasteiger partial charge in [0.05, 0.1) is 0 Å². The zero-order valence-electron chi connectivity index (χ0n) is 11.6. The summed E-state index contributed by atoms with van der Waals surface area (Å²) in [5, 5.41) is 0. The Labute approximate surface area is 106 Å². The summed E-state index contributed by atoms with van der Waals surface area (Å²) in [6, 6.07) is 6.85. The largest absolute Gasteiger partial charge is 0.0648 e. The van der Waals surface area contributed by atoms with Crippen LogP contribution in [-0.4, -0.2) is 0 Å². The summed E-state index contributed by atoms with van der Waals surface area (Å²) in [6.07, 6.45) is 6.50. The summed E-state index contributed by atoms with van der Waals surface area (Å²) < 4.78 is 0. The summed E-state index contributed by atoms with van der Waals surface area (Å²) in [6.45, 7) is 9.07. The first-order valence-electron chi connectivity index (χ1n) is 6.90. The lowest BCUT2D eigenvalue weighted by atomic mass is 9.93. The molecule has 0 aliphatic heterocycles.